The standard InChI is InChI=1S/C21H26FNO2/c1-24-20-9-7-17(22)15-19(20)21-10-8-18(25-21)12-14-23-13-11-16-5-3-2-4-6-16/h2-7,9,15,18,21,23H,8,10-14H2,1H3/t18-,21+/m0/s1. The first kappa shape index (κ1) is 17.9. The van der Waals surface area contributed by atoms with Gasteiger partial charge in [-0.3, -0.25) is 0 Å². The van der Waals surface area contributed by atoms with E-state index in [9.17, 15) is 4.39 Å². The zero-order chi connectivity index (χ0) is 17.5. The SMILES string of the molecule is COc1ccc(F)cc1[C@H]1CC[C@@H](CCNCCc2ccccc2)O1. The third-order valence-electron chi connectivity index (χ3n) is 4.72. The molecule has 1 fully saturated rings. The van der Waals surface area contributed by atoms with Crippen molar-refractivity contribution in [1.29, 1.82) is 0 Å². The lowest BCUT2D eigenvalue weighted by molar-refractivity contribution is 0.0388. The van der Waals surface area contributed by atoms with Gasteiger partial charge >= 0.3 is 0 Å². The molecule has 0 aromatic heterocycles. The van der Waals surface area contributed by atoms with Gasteiger partial charge in [-0.1, -0.05) is 30.3 Å². The van der Waals surface area contributed by atoms with Crippen LogP contribution < -0.4 is 10.1 Å². The molecule has 0 bridgehead atoms. The lowest BCUT2D eigenvalue weighted by Crippen LogP contribution is -2.22. The predicted octanol–water partition coefficient (Wildman–Crippen LogP) is 4.28. The van der Waals surface area contributed by atoms with Crippen LogP contribution in [0.1, 0.15) is 36.5 Å². The van der Waals surface area contributed by atoms with Crippen LogP contribution in [0.15, 0.2) is 48.5 Å². The van der Waals surface area contributed by atoms with E-state index in [0.717, 1.165) is 44.3 Å². The first-order valence-electron chi connectivity index (χ1n) is 9.00. The van der Waals surface area contributed by atoms with Gasteiger partial charge in [0.1, 0.15) is 11.6 Å². The summed E-state index contributed by atoms with van der Waals surface area (Å²) < 4.78 is 25.0. The van der Waals surface area contributed by atoms with Crippen LogP contribution in [0.5, 0.6) is 5.75 Å². The molecule has 1 N–H and O–H groups in total. The molecule has 0 saturated carbocycles. The molecule has 0 radical (unpaired) electrons. The zero-order valence-corrected chi connectivity index (χ0v) is 14.7. The number of methoxy groups -OCH3 is 1. The molecule has 1 heterocycles. The number of hydrogen-bond donors (Lipinski definition) is 1. The Hall–Kier alpha value is -1.91. The van der Waals surface area contributed by atoms with E-state index in [0.29, 0.717) is 5.75 Å². The molecule has 2 aromatic rings. The second-order valence-corrected chi connectivity index (χ2v) is 6.48. The van der Waals surface area contributed by atoms with Gasteiger partial charge in [-0.2, -0.15) is 0 Å². The van der Waals surface area contributed by atoms with Crippen LogP contribution in [0.3, 0.4) is 0 Å². The molecule has 2 aromatic carbocycles. The zero-order valence-electron chi connectivity index (χ0n) is 14.7. The van der Waals surface area contributed by atoms with Crippen molar-refractivity contribution in [3.05, 3.63) is 65.5 Å². The van der Waals surface area contributed by atoms with E-state index in [2.05, 4.69) is 29.6 Å². The van der Waals surface area contributed by atoms with Crippen molar-refractivity contribution in [2.24, 2.45) is 0 Å². The van der Waals surface area contributed by atoms with E-state index in [-0.39, 0.29) is 18.0 Å². The average Bonchev–Trinajstić information content (AvgIpc) is 3.11. The van der Waals surface area contributed by atoms with E-state index >= 15 is 0 Å². The minimum atomic E-state index is -0.245. The Bertz CT molecular complexity index is 662. The van der Waals surface area contributed by atoms with Crippen LogP contribution in [-0.4, -0.2) is 26.3 Å². The normalized spacial score (nSPS) is 19.9. The van der Waals surface area contributed by atoms with Gasteiger partial charge in [0.15, 0.2) is 0 Å². The Balaban J connectivity index is 1.40. The Labute approximate surface area is 149 Å². The number of benzene rings is 2. The largest absolute Gasteiger partial charge is 0.496 e. The summed E-state index contributed by atoms with van der Waals surface area (Å²) >= 11 is 0. The minimum Gasteiger partial charge on any atom is -0.496 e. The Morgan fingerprint density at radius 2 is 1.96 bits per heavy atom. The fraction of sp³-hybridized carbons (Fsp3) is 0.429. The van der Waals surface area contributed by atoms with Gasteiger partial charge in [-0.05, 0) is 62.5 Å². The van der Waals surface area contributed by atoms with Gasteiger partial charge in [0.05, 0.1) is 19.3 Å². The molecule has 3 nitrogen and oxygen atoms in total. The molecular weight excluding hydrogens is 317 g/mol. The molecule has 0 unspecified atom stereocenters. The maximum atomic E-state index is 13.5. The number of ether oxygens (including phenoxy) is 2. The van der Waals surface area contributed by atoms with Crippen LogP contribution >= 0.6 is 0 Å². The monoisotopic (exact) mass is 343 g/mol. The van der Waals surface area contributed by atoms with Gasteiger partial charge < -0.3 is 14.8 Å². The van der Waals surface area contributed by atoms with Crippen molar-refractivity contribution in [3.8, 4) is 5.75 Å². The van der Waals surface area contributed by atoms with E-state index < -0.39 is 0 Å². The van der Waals surface area contributed by atoms with Crippen LogP contribution in [0.2, 0.25) is 0 Å². The molecular formula is C21H26FNO2. The second-order valence-electron chi connectivity index (χ2n) is 6.48. The molecule has 25 heavy (non-hydrogen) atoms. The summed E-state index contributed by atoms with van der Waals surface area (Å²) in [6.07, 6.45) is 4.08. The third kappa shape index (κ3) is 5.03. The Kier molecular flexibility index (Phi) is 6.42. The number of rotatable bonds is 8. The summed E-state index contributed by atoms with van der Waals surface area (Å²) in [4.78, 5) is 0. The van der Waals surface area contributed by atoms with E-state index in [1.165, 1.54) is 17.7 Å². The van der Waals surface area contributed by atoms with Crippen molar-refractivity contribution < 1.29 is 13.9 Å². The summed E-state index contributed by atoms with van der Waals surface area (Å²) in [5, 5.41) is 3.48. The molecule has 1 aliphatic heterocycles. The number of halogens is 1. The number of nitrogens with one attached hydrogen (secondary N) is 1. The smallest absolute Gasteiger partial charge is 0.124 e. The lowest BCUT2D eigenvalue weighted by Gasteiger charge is -2.17. The molecule has 134 valence electrons. The summed E-state index contributed by atoms with van der Waals surface area (Å²) in [7, 11) is 1.61. The van der Waals surface area contributed by atoms with Crippen molar-refractivity contribution >= 4 is 0 Å². The third-order valence-corrected chi connectivity index (χ3v) is 4.72. The topological polar surface area (TPSA) is 30.5 Å². The maximum absolute atomic E-state index is 13.5. The van der Waals surface area contributed by atoms with Crippen molar-refractivity contribution in [2.75, 3.05) is 20.2 Å². The summed E-state index contributed by atoms with van der Waals surface area (Å²) in [5.74, 6) is 0.457. The first-order chi connectivity index (χ1) is 12.3. The molecule has 1 aliphatic rings. The lowest BCUT2D eigenvalue weighted by atomic mass is 10.0. The number of hydrogen-bond acceptors (Lipinski definition) is 3. The van der Waals surface area contributed by atoms with Crippen LogP contribution in [0.25, 0.3) is 0 Å². The fourth-order valence-electron chi connectivity index (χ4n) is 3.37. The van der Waals surface area contributed by atoms with Gasteiger partial charge in [0, 0.05) is 5.56 Å². The first-order valence-corrected chi connectivity index (χ1v) is 9.00. The van der Waals surface area contributed by atoms with E-state index in [1.54, 1.807) is 13.2 Å². The highest BCUT2D eigenvalue weighted by Gasteiger charge is 2.28. The highest BCUT2D eigenvalue weighted by molar-refractivity contribution is 5.36. The molecule has 4 heteroatoms. The quantitative estimate of drug-likeness (QED) is 0.726. The Morgan fingerprint density at radius 1 is 1.12 bits per heavy atom. The van der Waals surface area contributed by atoms with Crippen molar-refractivity contribution in [2.45, 2.75) is 37.9 Å². The predicted molar refractivity (Wildman–Crippen MR) is 97.4 cm³/mol. The molecule has 0 aliphatic carbocycles. The highest BCUT2D eigenvalue weighted by atomic mass is 19.1. The van der Waals surface area contributed by atoms with E-state index in [4.69, 9.17) is 9.47 Å². The fourth-order valence-corrected chi connectivity index (χ4v) is 3.37. The molecule has 2 atom stereocenters. The van der Waals surface area contributed by atoms with Crippen LogP contribution in [-0.2, 0) is 11.2 Å². The van der Waals surface area contributed by atoms with Gasteiger partial charge in [-0.15, -0.1) is 0 Å². The summed E-state index contributed by atoms with van der Waals surface area (Å²) in [5.41, 5.74) is 2.17. The summed E-state index contributed by atoms with van der Waals surface area (Å²) in [6.45, 7) is 1.91. The van der Waals surface area contributed by atoms with Gasteiger partial charge in [0.25, 0.3) is 0 Å². The van der Waals surface area contributed by atoms with Gasteiger partial charge in [-0.25, -0.2) is 4.39 Å². The molecule has 0 spiro atoms. The molecule has 1 saturated heterocycles. The highest BCUT2D eigenvalue weighted by Crippen LogP contribution is 2.38. The molecule has 0 amide bonds. The van der Waals surface area contributed by atoms with Crippen molar-refractivity contribution in [1.82, 2.24) is 5.32 Å². The van der Waals surface area contributed by atoms with Crippen molar-refractivity contribution in [3.63, 3.8) is 0 Å². The van der Waals surface area contributed by atoms with Gasteiger partial charge in [0.2, 0.25) is 0 Å². The maximum Gasteiger partial charge on any atom is 0.124 e. The summed E-state index contributed by atoms with van der Waals surface area (Å²) in [6, 6.07) is 15.1. The van der Waals surface area contributed by atoms with Crippen LogP contribution in [0.4, 0.5) is 4.39 Å². The van der Waals surface area contributed by atoms with E-state index in [1.807, 2.05) is 6.07 Å². The second kappa shape index (κ2) is 8.97. The van der Waals surface area contributed by atoms with Crippen LogP contribution in [0, 0.1) is 5.82 Å². The Morgan fingerprint density at radius 3 is 2.76 bits per heavy atom. The minimum absolute atomic E-state index is 0.0695. The molecule has 3 rings (SSSR count). The average molecular weight is 343 g/mol.